The number of methoxy groups -OCH3 is 1. The third-order valence-electron chi connectivity index (χ3n) is 2.66. The molecule has 0 aliphatic heterocycles. The molecule has 1 rings (SSSR count). The van der Waals surface area contributed by atoms with E-state index in [-0.39, 0.29) is 17.1 Å². The van der Waals surface area contributed by atoms with Crippen LogP contribution in [0.25, 0.3) is 0 Å². The van der Waals surface area contributed by atoms with Gasteiger partial charge in [-0.3, -0.25) is 0 Å². The molecule has 0 fully saturated rings. The first-order valence-electron chi connectivity index (χ1n) is 5.95. The normalized spacial score (nSPS) is 11.9. The number of aromatic nitrogens is 1. The highest BCUT2D eigenvalue weighted by Crippen LogP contribution is 2.10. The number of aromatic carboxylic acids is 1. The van der Waals surface area contributed by atoms with Crippen molar-refractivity contribution in [2.75, 3.05) is 40.4 Å². The number of hydrogen-bond donors (Lipinski definition) is 3. The molecule has 1 heterocycles. The van der Waals surface area contributed by atoms with Crippen molar-refractivity contribution in [1.29, 1.82) is 0 Å². The highest BCUT2D eigenvalue weighted by molar-refractivity contribution is 7.89. The summed E-state index contributed by atoms with van der Waals surface area (Å²) < 4.78 is 31.1. The summed E-state index contributed by atoms with van der Waals surface area (Å²) in [6.45, 7) is 2.03. The van der Waals surface area contributed by atoms with E-state index in [1.165, 1.54) is 0 Å². The van der Waals surface area contributed by atoms with Gasteiger partial charge < -0.3 is 19.7 Å². The zero-order valence-electron chi connectivity index (χ0n) is 11.4. The Labute approximate surface area is 117 Å². The van der Waals surface area contributed by atoms with Crippen LogP contribution >= 0.6 is 0 Å². The Hall–Kier alpha value is -1.42. The summed E-state index contributed by atoms with van der Waals surface area (Å²) in [6, 6.07) is 1.08. The van der Waals surface area contributed by atoms with Crippen LogP contribution in [0.5, 0.6) is 0 Å². The predicted octanol–water partition coefficient (Wildman–Crippen LogP) is -0.431. The average molecular weight is 305 g/mol. The lowest BCUT2D eigenvalue weighted by molar-refractivity contribution is 0.0691. The number of ether oxygens (including phenoxy) is 1. The Bertz CT molecular complexity index is 540. The largest absolute Gasteiger partial charge is 0.477 e. The van der Waals surface area contributed by atoms with E-state index in [1.54, 1.807) is 7.11 Å². The quantitative estimate of drug-likeness (QED) is 0.571. The molecule has 0 spiro atoms. The van der Waals surface area contributed by atoms with E-state index in [2.05, 4.69) is 9.71 Å². The molecule has 20 heavy (non-hydrogen) atoms. The minimum atomic E-state index is -3.69. The molecule has 0 radical (unpaired) electrons. The molecule has 8 nitrogen and oxygen atoms in total. The molecule has 0 unspecified atom stereocenters. The molecule has 0 aromatic carbocycles. The predicted molar refractivity (Wildman–Crippen MR) is 72.3 cm³/mol. The van der Waals surface area contributed by atoms with E-state index in [0.29, 0.717) is 19.7 Å². The van der Waals surface area contributed by atoms with Gasteiger partial charge in [-0.2, -0.15) is 0 Å². The SMILES string of the molecule is COCCN(C)CCNS(=O)(=O)c1c[nH]c(C(=O)O)c1. The first-order chi connectivity index (χ1) is 9.36. The lowest BCUT2D eigenvalue weighted by Crippen LogP contribution is -2.34. The Morgan fingerprint density at radius 2 is 2.20 bits per heavy atom. The maximum absolute atomic E-state index is 11.9. The minimum Gasteiger partial charge on any atom is -0.477 e. The number of aromatic amines is 1. The van der Waals surface area contributed by atoms with Gasteiger partial charge in [-0.15, -0.1) is 0 Å². The molecule has 1 aromatic heterocycles. The molecule has 0 saturated heterocycles. The summed E-state index contributed by atoms with van der Waals surface area (Å²) in [6.07, 6.45) is 1.15. The van der Waals surface area contributed by atoms with Gasteiger partial charge in [-0.05, 0) is 13.1 Å². The topological polar surface area (TPSA) is 112 Å². The number of carboxylic acid groups (broad SMARTS) is 1. The van der Waals surface area contributed by atoms with Crippen LogP contribution in [-0.2, 0) is 14.8 Å². The first-order valence-corrected chi connectivity index (χ1v) is 7.44. The van der Waals surface area contributed by atoms with Crippen molar-refractivity contribution in [3.05, 3.63) is 18.0 Å². The summed E-state index contributed by atoms with van der Waals surface area (Å²) in [7, 11) is -0.239. The highest BCUT2D eigenvalue weighted by Gasteiger charge is 2.17. The molecular weight excluding hydrogens is 286 g/mol. The van der Waals surface area contributed by atoms with Gasteiger partial charge >= 0.3 is 5.97 Å². The van der Waals surface area contributed by atoms with Crippen molar-refractivity contribution in [3.63, 3.8) is 0 Å². The van der Waals surface area contributed by atoms with Crippen LogP contribution in [-0.4, -0.2) is 69.8 Å². The van der Waals surface area contributed by atoms with Crippen molar-refractivity contribution in [3.8, 4) is 0 Å². The number of nitrogens with one attached hydrogen (secondary N) is 2. The first kappa shape index (κ1) is 16.6. The van der Waals surface area contributed by atoms with Gasteiger partial charge in [-0.1, -0.05) is 0 Å². The fourth-order valence-corrected chi connectivity index (χ4v) is 2.48. The number of sulfonamides is 1. The summed E-state index contributed by atoms with van der Waals surface area (Å²) in [4.78, 5) is 14.9. The lowest BCUT2D eigenvalue weighted by Gasteiger charge is -2.15. The molecule has 0 amide bonds. The molecule has 1 aromatic rings. The number of carbonyl (C=O) groups is 1. The third kappa shape index (κ3) is 4.93. The van der Waals surface area contributed by atoms with E-state index in [0.717, 1.165) is 12.3 Å². The highest BCUT2D eigenvalue weighted by atomic mass is 32.2. The maximum Gasteiger partial charge on any atom is 0.352 e. The molecule has 0 bridgehead atoms. The van der Waals surface area contributed by atoms with Gasteiger partial charge in [0.25, 0.3) is 0 Å². The summed E-state index contributed by atoms with van der Waals surface area (Å²) >= 11 is 0. The fourth-order valence-electron chi connectivity index (χ4n) is 1.47. The van der Waals surface area contributed by atoms with Crippen molar-refractivity contribution >= 4 is 16.0 Å². The van der Waals surface area contributed by atoms with Crippen LogP contribution in [0, 0.1) is 0 Å². The molecule has 114 valence electrons. The van der Waals surface area contributed by atoms with Crippen molar-refractivity contribution in [2.45, 2.75) is 4.90 Å². The molecule has 3 N–H and O–H groups in total. The number of likely N-dealkylation sites (N-methyl/N-ethyl adjacent to an activating group) is 1. The number of nitrogens with zero attached hydrogens (tertiary/aromatic N) is 1. The second-order valence-corrected chi connectivity index (χ2v) is 6.02. The van der Waals surface area contributed by atoms with Gasteiger partial charge in [0.1, 0.15) is 10.6 Å². The van der Waals surface area contributed by atoms with E-state index in [1.807, 2.05) is 11.9 Å². The Morgan fingerprint density at radius 3 is 2.75 bits per heavy atom. The van der Waals surface area contributed by atoms with E-state index < -0.39 is 16.0 Å². The van der Waals surface area contributed by atoms with Gasteiger partial charge in [0, 0.05) is 32.9 Å². The summed E-state index contributed by atoms with van der Waals surface area (Å²) in [5, 5.41) is 8.73. The van der Waals surface area contributed by atoms with Crippen LogP contribution in [0.15, 0.2) is 17.2 Å². The van der Waals surface area contributed by atoms with E-state index in [9.17, 15) is 13.2 Å². The Balaban J connectivity index is 2.51. The number of rotatable bonds is 9. The zero-order chi connectivity index (χ0) is 15.2. The van der Waals surface area contributed by atoms with Crippen molar-refractivity contribution < 1.29 is 23.1 Å². The lowest BCUT2D eigenvalue weighted by atomic mass is 10.4. The minimum absolute atomic E-state index is 0.0885. The number of H-pyrrole nitrogens is 1. The fraction of sp³-hybridized carbons (Fsp3) is 0.545. The summed E-state index contributed by atoms with van der Waals surface area (Å²) in [5.74, 6) is -1.20. The second-order valence-electron chi connectivity index (χ2n) is 4.25. The molecule has 0 aliphatic carbocycles. The van der Waals surface area contributed by atoms with Crippen molar-refractivity contribution in [2.24, 2.45) is 0 Å². The van der Waals surface area contributed by atoms with Crippen LogP contribution < -0.4 is 4.72 Å². The van der Waals surface area contributed by atoms with Crippen molar-refractivity contribution in [1.82, 2.24) is 14.6 Å². The third-order valence-corrected chi connectivity index (χ3v) is 4.10. The van der Waals surface area contributed by atoms with Crippen LogP contribution in [0.4, 0.5) is 0 Å². The van der Waals surface area contributed by atoms with Gasteiger partial charge in [0.05, 0.1) is 6.61 Å². The summed E-state index contributed by atoms with van der Waals surface area (Å²) in [5.41, 5.74) is -0.164. The smallest absolute Gasteiger partial charge is 0.352 e. The average Bonchev–Trinajstić information content (AvgIpc) is 2.86. The Kier molecular flexibility index (Phi) is 6.14. The van der Waals surface area contributed by atoms with E-state index in [4.69, 9.17) is 9.84 Å². The van der Waals surface area contributed by atoms with Gasteiger partial charge in [0.15, 0.2) is 0 Å². The number of carboxylic acids is 1. The molecule has 0 saturated carbocycles. The Morgan fingerprint density at radius 1 is 1.50 bits per heavy atom. The second kappa shape index (κ2) is 7.39. The maximum atomic E-state index is 11.9. The number of hydrogen-bond acceptors (Lipinski definition) is 5. The molecule has 0 atom stereocenters. The van der Waals surface area contributed by atoms with Gasteiger partial charge in [-0.25, -0.2) is 17.9 Å². The molecular formula is C11H19N3O5S. The van der Waals surface area contributed by atoms with Crippen LogP contribution in [0.2, 0.25) is 0 Å². The van der Waals surface area contributed by atoms with Gasteiger partial charge in [0.2, 0.25) is 10.0 Å². The molecule has 0 aliphatic rings. The molecule has 9 heteroatoms. The van der Waals surface area contributed by atoms with Crippen LogP contribution in [0.1, 0.15) is 10.5 Å². The zero-order valence-corrected chi connectivity index (χ0v) is 12.2. The monoisotopic (exact) mass is 305 g/mol. The van der Waals surface area contributed by atoms with Crippen LogP contribution in [0.3, 0.4) is 0 Å². The standard InChI is InChI=1S/C11H19N3O5S/c1-14(5-6-19-2)4-3-13-20(17,18)9-7-10(11(15)16)12-8-9/h7-8,12-13H,3-6H2,1-2H3,(H,15,16). The van der Waals surface area contributed by atoms with E-state index >= 15 is 0 Å².